The second kappa shape index (κ2) is 5.18. The Bertz CT molecular complexity index is 450. The first-order valence-corrected chi connectivity index (χ1v) is 7.13. The van der Waals surface area contributed by atoms with E-state index in [0.29, 0.717) is 10.5 Å². The molecular weight excluding hydrogens is 244 g/mol. The normalized spacial score (nSPS) is 24.1. The minimum Gasteiger partial charge on any atom is -0.384 e. The predicted molar refractivity (Wildman–Crippen MR) is 78.7 cm³/mol. The first kappa shape index (κ1) is 13.2. The van der Waals surface area contributed by atoms with Gasteiger partial charge in [-0.25, -0.2) is 4.98 Å². The van der Waals surface area contributed by atoms with Crippen LogP contribution in [0.25, 0.3) is 0 Å². The molecular formula is C13H20N4S. The summed E-state index contributed by atoms with van der Waals surface area (Å²) in [5, 5.41) is 8.77. The molecule has 0 aromatic carbocycles. The zero-order chi connectivity index (χ0) is 13.3. The van der Waals surface area contributed by atoms with Gasteiger partial charge in [0.15, 0.2) is 0 Å². The van der Waals surface area contributed by atoms with Crippen molar-refractivity contribution in [3.8, 4) is 0 Å². The lowest BCUT2D eigenvalue weighted by Crippen LogP contribution is -2.41. The van der Waals surface area contributed by atoms with Crippen LogP contribution < -0.4 is 10.6 Å². The standard InChI is InChI=1S/C13H20N4S/c1-8-4-11(13(14)15)5-12(16-8)17-6-9(2)18-10(3)7-17/h4-5,9-10H,6-7H2,1-3H3,(H3,14,15). The minimum absolute atomic E-state index is 0.106. The third-order valence-corrected chi connectivity index (χ3v) is 4.22. The first-order valence-electron chi connectivity index (χ1n) is 6.19. The third-order valence-electron chi connectivity index (χ3n) is 2.99. The summed E-state index contributed by atoms with van der Waals surface area (Å²) < 4.78 is 0. The van der Waals surface area contributed by atoms with Gasteiger partial charge in [-0.05, 0) is 19.1 Å². The minimum atomic E-state index is 0.106. The van der Waals surface area contributed by atoms with Crippen molar-refractivity contribution in [3.05, 3.63) is 23.4 Å². The molecule has 2 unspecified atom stereocenters. The molecule has 0 spiro atoms. The highest BCUT2D eigenvalue weighted by atomic mass is 32.2. The Hall–Kier alpha value is -1.23. The Morgan fingerprint density at radius 2 is 2.00 bits per heavy atom. The van der Waals surface area contributed by atoms with E-state index >= 15 is 0 Å². The number of aryl methyl sites for hydroxylation is 1. The average Bonchev–Trinajstić information content (AvgIpc) is 2.26. The largest absolute Gasteiger partial charge is 0.384 e. The number of rotatable bonds is 2. The Morgan fingerprint density at radius 3 is 2.56 bits per heavy atom. The van der Waals surface area contributed by atoms with Gasteiger partial charge < -0.3 is 10.6 Å². The van der Waals surface area contributed by atoms with Crippen molar-refractivity contribution in [2.24, 2.45) is 5.73 Å². The third kappa shape index (κ3) is 2.96. The number of amidine groups is 1. The van der Waals surface area contributed by atoms with Crippen LogP contribution in [0, 0.1) is 12.3 Å². The Kier molecular flexibility index (Phi) is 3.80. The van der Waals surface area contributed by atoms with E-state index in [1.165, 1.54) is 0 Å². The SMILES string of the molecule is Cc1cc(C(=N)N)cc(N2CC(C)SC(C)C2)n1. The van der Waals surface area contributed by atoms with Crippen LogP contribution in [0.5, 0.6) is 0 Å². The predicted octanol–water partition coefficient (Wildman–Crippen LogP) is 2.00. The van der Waals surface area contributed by atoms with E-state index in [2.05, 4.69) is 23.7 Å². The van der Waals surface area contributed by atoms with Crippen LogP contribution in [-0.4, -0.2) is 34.4 Å². The maximum Gasteiger partial charge on any atom is 0.129 e. The zero-order valence-electron chi connectivity index (χ0n) is 11.1. The number of nitrogen functional groups attached to an aromatic ring is 1. The molecule has 2 atom stereocenters. The molecule has 0 bridgehead atoms. The molecule has 1 saturated heterocycles. The molecule has 0 saturated carbocycles. The van der Waals surface area contributed by atoms with Crippen molar-refractivity contribution in [1.29, 1.82) is 5.41 Å². The van der Waals surface area contributed by atoms with Gasteiger partial charge in [0.1, 0.15) is 11.7 Å². The highest BCUT2D eigenvalue weighted by molar-refractivity contribution is 8.00. The molecule has 0 amide bonds. The molecule has 1 fully saturated rings. The molecule has 18 heavy (non-hydrogen) atoms. The van der Waals surface area contributed by atoms with Crippen LogP contribution in [0.3, 0.4) is 0 Å². The molecule has 5 heteroatoms. The van der Waals surface area contributed by atoms with Gasteiger partial charge in [-0.3, -0.25) is 5.41 Å². The van der Waals surface area contributed by atoms with Crippen LogP contribution in [0.4, 0.5) is 5.82 Å². The zero-order valence-corrected chi connectivity index (χ0v) is 11.9. The quantitative estimate of drug-likeness (QED) is 0.633. The molecule has 0 aliphatic carbocycles. The second-order valence-electron chi connectivity index (χ2n) is 4.93. The number of hydrogen-bond donors (Lipinski definition) is 2. The number of nitrogens with one attached hydrogen (secondary N) is 1. The number of nitrogens with zero attached hydrogens (tertiary/aromatic N) is 2. The summed E-state index contributed by atoms with van der Waals surface area (Å²) in [6.07, 6.45) is 0. The summed E-state index contributed by atoms with van der Waals surface area (Å²) in [6, 6.07) is 3.78. The van der Waals surface area contributed by atoms with E-state index in [9.17, 15) is 0 Å². The summed E-state index contributed by atoms with van der Waals surface area (Å²) in [4.78, 5) is 6.87. The molecule has 0 radical (unpaired) electrons. The molecule has 2 rings (SSSR count). The van der Waals surface area contributed by atoms with E-state index in [1.54, 1.807) is 0 Å². The van der Waals surface area contributed by atoms with Gasteiger partial charge in [-0.2, -0.15) is 11.8 Å². The number of nitrogens with two attached hydrogens (primary N) is 1. The van der Waals surface area contributed by atoms with E-state index in [-0.39, 0.29) is 5.84 Å². The van der Waals surface area contributed by atoms with Gasteiger partial charge >= 0.3 is 0 Å². The maximum absolute atomic E-state index is 7.55. The average molecular weight is 264 g/mol. The van der Waals surface area contributed by atoms with Crippen molar-refractivity contribution in [2.45, 2.75) is 31.3 Å². The fraction of sp³-hybridized carbons (Fsp3) is 0.538. The lowest BCUT2D eigenvalue weighted by molar-refractivity contribution is 0.717. The van der Waals surface area contributed by atoms with Crippen molar-refractivity contribution in [2.75, 3.05) is 18.0 Å². The van der Waals surface area contributed by atoms with Crippen LogP contribution in [0.2, 0.25) is 0 Å². The second-order valence-corrected chi connectivity index (χ2v) is 6.81. The first-order chi connectivity index (χ1) is 8.45. The Balaban J connectivity index is 2.29. The summed E-state index contributed by atoms with van der Waals surface area (Å²) in [6.45, 7) is 8.44. The van der Waals surface area contributed by atoms with Gasteiger partial charge in [-0.15, -0.1) is 0 Å². The van der Waals surface area contributed by atoms with E-state index in [1.807, 2.05) is 30.8 Å². The molecule has 1 aromatic heterocycles. The molecule has 2 heterocycles. The van der Waals surface area contributed by atoms with Gasteiger partial charge in [0.25, 0.3) is 0 Å². The molecule has 1 aromatic rings. The maximum atomic E-state index is 7.55. The van der Waals surface area contributed by atoms with E-state index in [0.717, 1.165) is 30.2 Å². The van der Waals surface area contributed by atoms with Gasteiger partial charge in [0.2, 0.25) is 0 Å². The number of aromatic nitrogens is 1. The lowest BCUT2D eigenvalue weighted by atomic mass is 10.2. The van der Waals surface area contributed by atoms with Gasteiger partial charge in [0.05, 0.1) is 0 Å². The molecule has 1 aliphatic rings. The lowest BCUT2D eigenvalue weighted by Gasteiger charge is -2.35. The number of anilines is 1. The Labute approximate surface area is 112 Å². The molecule has 1 aliphatic heterocycles. The molecule has 98 valence electrons. The van der Waals surface area contributed by atoms with E-state index in [4.69, 9.17) is 11.1 Å². The fourth-order valence-corrected chi connectivity index (χ4v) is 3.66. The number of pyridine rings is 1. The van der Waals surface area contributed by atoms with Gasteiger partial charge in [-0.1, -0.05) is 13.8 Å². The summed E-state index contributed by atoms with van der Waals surface area (Å²) >= 11 is 2.02. The monoisotopic (exact) mass is 264 g/mol. The molecule has 3 N–H and O–H groups in total. The van der Waals surface area contributed by atoms with Crippen LogP contribution in [0.15, 0.2) is 12.1 Å². The summed E-state index contributed by atoms with van der Waals surface area (Å²) in [5.41, 5.74) is 7.24. The summed E-state index contributed by atoms with van der Waals surface area (Å²) in [7, 11) is 0. The molecule has 4 nitrogen and oxygen atoms in total. The fourth-order valence-electron chi connectivity index (χ4n) is 2.33. The highest BCUT2D eigenvalue weighted by Gasteiger charge is 2.23. The van der Waals surface area contributed by atoms with Crippen molar-refractivity contribution in [3.63, 3.8) is 0 Å². The van der Waals surface area contributed by atoms with Gasteiger partial charge in [0, 0.05) is 34.8 Å². The van der Waals surface area contributed by atoms with Crippen LogP contribution in [-0.2, 0) is 0 Å². The topological polar surface area (TPSA) is 66.0 Å². The van der Waals surface area contributed by atoms with Crippen molar-refractivity contribution in [1.82, 2.24) is 4.98 Å². The van der Waals surface area contributed by atoms with Crippen LogP contribution in [0.1, 0.15) is 25.1 Å². The number of thioether (sulfide) groups is 1. The smallest absolute Gasteiger partial charge is 0.129 e. The van der Waals surface area contributed by atoms with Crippen LogP contribution >= 0.6 is 11.8 Å². The summed E-state index contributed by atoms with van der Waals surface area (Å²) in [5.74, 6) is 1.05. The highest BCUT2D eigenvalue weighted by Crippen LogP contribution is 2.28. The number of hydrogen-bond acceptors (Lipinski definition) is 4. The van der Waals surface area contributed by atoms with E-state index < -0.39 is 0 Å². The van der Waals surface area contributed by atoms with Crippen molar-refractivity contribution >= 4 is 23.4 Å². The van der Waals surface area contributed by atoms with Crippen molar-refractivity contribution < 1.29 is 0 Å². The Morgan fingerprint density at radius 1 is 1.39 bits per heavy atom.